The number of benzene rings is 1. The Balaban J connectivity index is 1.96. The average Bonchev–Trinajstić information content (AvgIpc) is 2.73. The van der Waals surface area contributed by atoms with E-state index in [1.165, 1.54) is 6.07 Å². The number of pyridine rings is 1. The highest BCUT2D eigenvalue weighted by Crippen LogP contribution is 2.64. The van der Waals surface area contributed by atoms with Crippen LogP contribution in [-0.2, 0) is 13.6 Å². The molecule has 164 valence electrons. The smallest absolute Gasteiger partial charge is 0.352 e. The Labute approximate surface area is 187 Å². The molecule has 0 spiro atoms. The molecule has 1 atom stereocenters. The maximum absolute atomic E-state index is 13.8. The van der Waals surface area contributed by atoms with Gasteiger partial charge in [-0.25, -0.2) is 4.98 Å². The van der Waals surface area contributed by atoms with Gasteiger partial charge in [-0.1, -0.05) is 29.3 Å². The van der Waals surface area contributed by atoms with Gasteiger partial charge < -0.3 is 19.1 Å². The molecule has 0 saturated carbocycles. The van der Waals surface area contributed by atoms with Crippen LogP contribution in [0.1, 0.15) is 25.2 Å². The molecule has 30 heavy (non-hydrogen) atoms. The zero-order chi connectivity index (χ0) is 21.7. The standard InChI is InChI=1S/C20H26Cl2N3O4P/c1-3-28-30(27,29-4-2)20(16-13-15(21)14-17(22)19(16)26)25-11-9-24(10-12-25)18-7-5-6-8-23-18/h5-8,13-14,20,26H,3-4,9-12H2,1-2H3. The monoisotopic (exact) mass is 473 g/mol. The summed E-state index contributed by atoms with van der Waals surface area (Å²) >= 11 is 12.4. The summed E-state index contributed by atoms with van der Waals surface area (Å²) in [6, 6.07) is 8.80. The van der Waals surface area contributed by atoms with E-state index in [0.717, 1.165) is 5.82 Å². The number of piperazine rings is 1. The van der Waals surface area contributed by atoms with Crippen LogP contribution in [0.5, 0.6) is 5.75 Å². The van der Waals surface area contributed by atoms with Crippen molar-refractivity contribution in [1.29, 1.82) is 0 Å². The van der Waals surface area contributed by atoms with E-state index in [9.17, 15) is 9.67 Å². The van der Waals surface area contributed by atoms with Crippen LogP contribution < -0.4 is 4.90 Å². The zero-order valence-electron chi connectivity index (χ0n) is 17.0. The van der Waals surface area contributed by atoms with E-state index in [2.05, 4.69) is 9.88 Å². The summed E-state index contributed by atoms with van der Waals surface area (Å²) in [5.74, 6) is -0.113. The SMILES string of the molecule is CCOP(=O)(OCC)C(c1cc(Cl)cc(Cl)c1O)N1CCN(c2ccccn2)CC1. The summed E-state index contributed by atoms with van der Waals surface area (Å²) in [5.41, 5.74) is 0.337. The van der Waals surface area contributed by atoms with Crippen molar-refractivity contribution >= 4 is 36.6 Å². The second-order valence-corrected chi connectivity index (χ2v) is 9.71. The van der Waals surface area contributed by atoms with Gasteiger partial charge in [-0.15, -0.1) is 0 Å². The topological polar surface area (TPSA) is 75.1 Å². The molecule has 2 heterocycles. The Morgan fingerprint density at radius 3 is 2.37 bits per heavy atom. The molecular weight excluding hydrogens is 448 g/mol. The highest BCUT2D eigenvalue weighted by Gasteiger charge is 2.44. The minimum absolute atomic E-state index is 0.0918. The molecular formula is C20H26Cl2N3O4P. The summed E-state index contributed by atoms with van der Waals surface area (Å²) in [6.07, 6.45) is 1.76. The van der Waals surface area contributed by atoms with E-state index in [0.29, 0.717) is 36.8 Å². The molecule has 0 amide bonds. The van der Waals surface area contributed by atoms with E-state index in [1.54, 1.807) is 26.1 Å². The van der Waals surface area contributed by atoms with Crippen LogP contribution in [0, 0.1) is 0 Å². The molecule has 3 rings (SSSR count). The minimum Gasteiger partial charge on any atom is -0.506 e. The summed E-state index contributed by atoms with van der Waals surface area (Å²) in [6.45, 7) is 6.39. The fraction of sp³-hybridized carbons (Fsp3) is 0.450. The van der Waals surface area contributed by atoms with Gasteiger partial charge in [0.05, 0.1) is 18.2 Å². The number of hydrogen-bond donors (Lipinski definition) is 1. The average molecular weight is 474 g/mol. The molecule has 2 aromatic rings. The lowest BCUT2D eigenvalue weighted by molar-refractivity contribution is 0.156. The number of rotatable bonds is 8. The first-order valence-electron chi connectivity index (χ1n) is 9.86. The van der Waals surface area contributed by atoms with Crippen molar-refractivity contribution in [3.8, 4) is 5.75 Å². The third-order valence-corrected chi connectivity index (χ3v) is 7.83. The van der Waals surface area contributed by atoms with E-state index in [-0.39, 0.29) is 24.0 Å². The van der Waals surface area contributed by atoms with Gasteiger partial charge in [0, 0.05) is 43.0 Å². The molecule has 0 aliphatic carbocycles. The fourth-order valence-electron chi connectivity index (χ4n) is 3.62. The molecule has 1 aromatic heterocycles. The molecule has 1 fully saturated rings. The van der Waals surface area contributed by atoms with Crippen molar-refractivity contribution in [2.45, 2.75) is 19.6 Å². The predicted molar refractivity (Wildman–Crippen MR) is 120 cm³/mol. The predicted octanol–water partition coefficient (Wildman–Crippen LogP) is 5.18. The van der Waals surface area contributed by atoms with Gasteiger partial charge >= 0.3 is 7.60 Å². The molecule has 1 aliphatic heterocycles. The van der Waals surface area contributed by atoms with Crippen LogP contribution in [-0.4, -0.2) is 54.4 Å². The summed E-state index contributed by atoms with van der Waals surface area (Å²) < 4.78 is 25.1. The number of phenols is 1. The van der Waals surface area contributed by atoms with Crippen molar-refractivity contribution in [3.63, 3.8) is 0 Å². The van der Waals surface area contributed by atoms with Crippen molar-refractivity contribution in [1.82, 2.24) is 9.88 Å². The lowest BCUT2D eigenvalue weighted by Gasteiger charge is -2.41. The van der Waals surface area contributed by atoms with Crippen LogP contribution in [0.4, 0.5) is 5.82 Å². The van der Waals surface area contributed by atoms with Crippen molar-refractivity contribution < 1.29 is 18.7 Å². The first kappa shape index (κ1) is 23.3. The molecule has 7 nitrogen and oxygen atoms in total. The van der Waals surface area contributed by atoms with Gasteiger partial charge in [0.1, 0.15) is 17.4 Å². The lowest BCUT2D eigenvalue weighted by atomic mass is 10.1. The number of nitrogens with zero attached hydrogens (tertiary/aromatic N) is 3. The minimum atomic E-state index is -3.66. The fourth-order valence-corrected chi connectivity index (χ4v) is 6.38. The maximum atomic E-state index is 13.8. The number of aromatic hydroxyl groups is 1. The Bertz CT molecular complexity index is 885. The third kappa shape index (κ3) is 5.10. The van der Waals surface area contributed by atoms with Crippen molar-refractivity contribution in [3.05, 3.63) is 52.1 Å². The van der Waals surface area contributed by atoms with Gasteiger partial charge in [-0.2, -0.15) is 0 Å². The quantitative estimate of drug-likeness (QED) is 0.529. The Hall–Kier alpha value is -1.34. The molecule has 1 aromatic carbocycles. The Morgan fingerprint density at radius 2 is 1.80 bits per heavy atom. The van der Waals surface area contributed by atoms with Crippen LogP contribution in [0.25, 0.3) is 0 Å². The van der Waals surface area contributed by atoms with Gasteiger partial charge in [-0.3, -0.25) is 9.46 Å². The Kier molecular flexibility index (Phi) is 8.02. The van der Waals surface area contributed by atoms with Gasteiger partial charge in [-0.05, 0) is 38.1 Å². The van der Waals surface area contributed by atoms with Gasteiger partial charge in [0.25, 0.3) is 0 Å². The highest BCUT2D eigenvalue weighted by atomic mass is 35.5. The highest BCUT2D eigenvalue weighted by molar-refractivity contribution is 7.54. The lowest BCUT2D eigenvalue weighted by Crippen LogP contribution is -2.48. The van der Waals surface area contributed by atoms with E-state index in [4.69, 9.17) is 32.2 Å². The first-order chi connectivity index (χ1) is 14.4. The zero-order valence-corrected chi connectivity index (χ0v) is 19.4. The molecule has 1 aliphatic rings. The molecule has 1 saturated heterocycles. The Morgan fingerprint density at radius 1 is 1.13 bits per heavy atom. The summed E-state index contributed by atoms with van der Waals surface area (Å²) in [5, 5.41) is 11.1. The second kappa shape index (κ2) is 10.3. The van der Waals surface area contributed by atoms with Crippen molar-refractivity contribution in [2.24, 2.45) is 0 Å². The number of anilines is 1. The second-order valence-electron chi connectivity index (χ2n) is 6.79. The summed E-state index contributed by atoms with van der Waals surface area (Å²) in [7, 11) is -3.66. The number of hydrogen-bond acceptors (Lipinski definition) is 7. The molecule has 0 radical (unpaired) electrons. The first-order valence-corrected chi connectivity index (χ1v) is 12.2. The van der Waals surface area contributed by atoms with E-state index < -0.39 is 13.4 Å². The van der Waals surface area contributed by atoms with Crippen LogP contribution in [0.3, 0.4) is 0 Å². The molecule has 0 bridgehead atoms. The van der Waals surface area contributed by atoms with E-state index >= 15 is 0 Å². The van der Waals surface area contributed by atoms with Gasteiger partial charge in [0.2, 0.25) is 0 Å². The normalized spacial score (nSPS) is 16.6. The number of halogens is 2. The van der Waals surface area contributed by atoms with Crippen LogP contribution >= 0.6 is 30.8 Å². The maximum Gasteiger partial charge on any atom is 0.352 e. The largest absolute Gasteiger partial charge is 0.506 e. The van der Waals surface area contributed by atoms with Crippen LogP contribution in [0.15, 0.2) is 36.5 Å². The van der Waals surface area contributed by atoms with Gasteiger partial charge in [0.15, 0.2) is 0 Å². The van der Waals surface area contributed by atoms with Crippen LogP contribution in [0.2, 0.25) is 10.0 Å². The number of phenolic OH excluding ortho intramolecular Hbond substituents is 1. The molecule has 1 unspecified atom stereocenters. The van der Waals surface area contributed by atoms with E-state index in [1.807, 2.05) is 23.1 Å². The molecule has 10 heteroatoms. The molecule has 1 N–H and O–H groups in total. The van der Waals surface area contributed by atoms with Crippen molar-refractivity contribution in [2.75, 3.05) is 44.3 Å². The third-order valence-electron chi connectivity index (χ3n) is 4.89. The summed E-state index contributed by atoms with van der Waals surface area (Å²) in [4.78, 5) is 8.55. The number of aromatic nitrogens is 1.